The molecule has 0 bridgehead atoms. The van der Waals surface area contributed by atoms with Gasteiger partial charge in [0.25, 0.3) is 5.91 Å². The molecule has 0 atom stereocenters. The van der Waals surface area contributed by atoms with Gasteiger partial charge in [-0.3, -0.25) is 4.79 Å². The smallest absolute Gasteiger partial charge is 0.255 e. The van der Waals surface area contributed by atoms with Crippen molar-refractivity contribution in [1.82, 2.24) is 5.32 Å². The first-order valence-electron chi connectivity index (χ1n) is 7.54. The molecule has 0 radical (unpaired) electrons. The molecule has 23 heavy (non-hydrogen) atoms. The lowest BCUT2D eigenvalue weighted by atomic mass is 10.1. The summed E-state index contributed by atoms with van der Waals surface area (Å²) in [5.41, 5.74) is 7.95. The van der Waals surface area contributed by atoms with Gasteiger partial charge in [-0.05, 0) is 56.2 Å². The molecule has 0 saturated carbocycles. The van der Waals surface area contributed by atoms with E-state index in [1.54, 1.807) is 18.2 Å². The molecule has 4 nitrogen and oxygen atoms in total. The third kappa shape index (κ3) is 5.18. The van der Waals surface area contributed by atoms with Gasteiger partial charge in [-0.2, -0.15) is 0 Å². The van der Waals surface area contributed by atoms with Crippen LogP contribution in [-0.2, 0) is 6.42 Å². The fourth-order valence-electron chi connectivity index (χ4n) is 2.14. The lowest BCUT2D eigenvalue weighted by molar-refractivity contribution is 0.0948. The van der Waals surface area contributed by atoms with Crippen molar-refractivity contribution in [2.24, 2.45) is 0 Å². The summed E-state index contributed by atoms with van der Waals surface area (Å²) in [4.78, 5) is 12.4. The Bertz CT molecular complexity index is 669. The summed E-state index contributed by atoms with van der Waals surface area (Å²) in [5, 5.41) is 3.40. The number of hydrogen-bond acceptors (Lipinski definition) is 3. The number of benzene rings is 2. The Labute approximate surface area is 141 Å². The second-order valence-electron chi connectivity index (χ2n) is 5.55. The number of carbonyl (C=O) groups excluding carboxylic acids is 1. The van der Waals surface area contributed by atoms with Crippen LogP contribution < -0.4 is 15.8 Å². The predicted molar refractivity (Wildman–Crippen MR) is 94.1 cm³/mol. The summed E-state index contributed by atoms with van der Waals surface area (Å²) < 4.78 is 5.67. The summed E-state index contributed by atoms with van der Waals surface area (Å²) in [6.45, 7) is 4.35. The molecule has 2 aromatic rings. The van der Waals surface area contributed by atoms with E-state index in [2.05, 4.69) is 5.32 Å². The Kier molecular flexibility index (Phi) is 5.88. The molecule has 0 aliphatic carbocycles. The van der Waals surface area contributed by atoms with E-state index < -0.39 is 0 Å². The standard InChI is InChI=1S/C18H21ClN2O2/c1-12(2)23-17-8-5-14(19)11-16(17)18(22)21-10-9-13-3-6-15(20)7-4-13/h3-8,11-12H,9-10,20H2,1-2H3,(H,21,22). The second-order valence-corrected chi connectivity index (χ2v) is 5.99. The topological polar surface area (TPSA) is 64.3 Å². The van der Waals surface area contributed by atoms with Gasteiger partial charge < -0.3 is 15.8 Å². The van der Waals surface area contributed by atoms with Crippen LogP contribution >= 0.6 is 11.6 Å². The highest BCUT2D eigenvalue weighted by Crippen LogP contribution is 2.24. The molecule has 0 saturated heterocycles. The molecule has 0 fully saturated rings. The van der Waals surface area contributed by atoms with Crippen molar-refractivity contribution in [3.8, 4) is 5.75 Å². The molecule has 5 heteroatoms. The maximum absolute atomic E-state index is 12.4. The molecule has 1 amide bonds. The van der Waals surface area contributed by atoms with Crippen molar-refractivity contribution in [3.05, 3.63) is 58.6 Å². The van der Waals surface area contributed by atoms with Crippen LogP contribution in [0, 0.1) is 0 Å². The number of nitrogens with one attached hydrogen (secondary N) is 1. The first-order chi connectivity index (χ1) is 11.0. The summed E-state index contributed by atoms with van der Waals surface area (Å²) >= 11 is 5.99. The van der Waals surface area contributed by atoms with E-state index >= 15 is 0 Å². The van der Waals surface area contributed by atoms with Crippen LogP contribution in [-0.4, -0.2) is 18.6 Å². The van der Waals surface area contributed by atoms with E-state index in [4.69, 9.17) is 22.1 Å². The largest absolute Gasteiger partial charge is 0.490 e. The molecule has 2 aromatic carbocycles. The van der Waals surface area contributed by atoms with Gasteiger partial charge in [0.1, 0.15) is 5.75 Å². The third-order valence-corrected chi connectivity index (χ3v) is 3.46. The first-order valence-corrected chi connectivity index (χ1v) is 7.92. The van der Waals surface area contributed by atoms with Crippen molar-refractivity contribution in [1.29, 1.82) is 0 Å². The number of amides is 1. The molecule has 0 unspecified atom stereocenters. The maximum atomic E-state index is 12.4. The minimum absolute atomic E-state index is 0.0162. The van der Waals surface area contributed by atoms with Gasteiger partial charge in [-0.15, -0.1) is 0 Å². The fourth-order valence-corrected chi connectivity index (χ4v) is 2.31. The number of carbonyl (C=O) groups is 1. The fraction of sp³-hybridized carbons (Fsp3) is 0.278. The van der Waals surface area contributed by atoms with Crippen LogP contribution in [0.5, 0.6) is 5.75 Å². The van der Waals surface area contributed by atoms with Crippen LogP contribution in [0.1, 0.15) is 29.8 Å². The van der Waals surface area contributed by atoms with E-state index in [1.165, 1.54) is 0 Å². The monoisotopic (exact) mass is 332 g/mol. The minimum atomic E-state index is -0.196. The highest BCUT2D eigenvalue weighted by molar-refractivity contribution is 6.31. The summed E-state index contributed by atoms with van der Waals surface area (Å²) in [6.07, 6.45) is 0.713. The molecule has 0 aliphatic heterocycles. The van der Waals surface area contributed by atoms with Crippen molar-refractivity contribution in [2.75, 3.05) is 12.3 Å². The molecular formula is C18H21ClN2O2. The number of anilines is 1. The Balaban J connectivity index is 1.99. The Morgan fingerprint density at radius 3 is 2.57 bits per heavy atom. The van der Waals surface area contributed by atoms with Gasteiger partial charge in [0, 0.05) is 17.3 Å². The molecule has 122 valence electrons. The van der Waals surface area contributed by atoms with E-state index in [9.17, 15) is 4.79 Å². The average molecular weight is 333 g/mol. The molecule has 2 rings (SSSR count). The van der Waals surface area contributed by atoms with Gasteiger partial charge >= 0.3 is 0 Å². The Hall–Kier alpha value is -2.20. The highest BCUT2D eigenvalue weighted by atomic mass is 35.5. The van der Waals surface area contributed by atoms with Crippen molar-refractivity contribution in [3.63, 3.8) is 0 Å². The van der Waals surface area contributed by atoms with Crippen LogP contribution in [0.4, 0.5) is 5.69 Å². The lowest BCUT2D eigenvalue weighted by Gasteiger charge is -2.14. The zero-order valence-electron chi connectivity index (χ0n) is 13.3. The van der Waals surface area contributed by atoms with Crippen molar-refractivity contribution < 1.29 is 9.53 Å². The maximum Gasteiger partial charge on any atom is 0.255 e. The third-order valence-electron chi connectivity index (χ3n) is 3.23. The van der Waals surface area contributed by atoms with E-state index in [0.29, 0.717) is 22.9 Å². The van der Waals surface area contributed by atoms with Crippen LogP contribution in [0.2, 0.25) is 5.02 Å². The zero-order valence-corrected chi connectivity index (χ0v) is 14.1. The van der Waals surface area contributed by atoms with Gasteiger partial charge in [0.2, 0.25) is 0 Å². The minimum Gasteiger partial charge on any atom is -0.490 e. The normalized spacial score (nSPS) is 10.6. The van der Waals surface area contributed by atoms with E-state index in [1.807, 2.05) is 38.1 Å². The summed E-state index contributed by atoms with van der Waals surface area (Å²) in [5.74, 6) is 0.341. The average Bonchev–Trinajstić information content (AvgIpc) is 2.50. The van der Waals surface area contributed by atoms with Crippen LogP contribution in [0.3, 0.4) is 0 Å². The summed E-state index contributed by atoms with van der Waals surface area (Å²) in [7, 11) is 0. The zero-order chi connectivity index (χ0) is 16.8. The number of halogens is 1. The number of rotatable bonds is 6. The molecule has 0 spiro atoms. The number of hydrogen-bond donors (Lipinski definition) is 2. The SMILES string of the molecule is CC(C)Oc1ccc(Cl)cc1C(=O)NCCc1ccc(N)cc1. The quantitative estimate of drug-likeness (QED) is 0.793. The van der Waals surface area contributed by atoms with Gasteiger partial charge in [0.05, 0.1) is 11.7 Å². The molecule has 3 N–H and O–H groups in total. The number of nitrogens with two attached hydrogens (primary N) is 1. The lowest BCUT2D eigenvalue weighted by Crippen LogP contribution is -2.26. The number of nitrogen functional groups attached to an aromatic ring is 1. The van der Waals surface area contributed by atoms with Crippen LogP contribution in [0.15, 0.2) is 42.5 Å². The molecular weight excluding hydrogens is 312 g/mol. The highest BCUT2D eigenvalue weighted by Gasteiger charge is 2.14. The predicted octanol–water partition coefficient (Wildman–Crippen LogP) is 3.68. The Morgan fingerprint density at radius 2 is 1.91 bits per heavy atom. The summed E-state index contributed by atoms with van der Waals surface area (Å²) in [6, 6.07) is 12.7. The first kappa shape index (κ1) is 17.2. The molecule has 0 aliphatic rings. The van der Waals surface area contributed by atoms with Crippen molar-refractivity contribution in [2.45, 2.75) is 26.4 Å². The number of ether oxygens (including phenoxy) is 1. The van der Waals surface area contributed by atoms with Crippen molar-refractivity contribution >= 4 is 23.2 Å². The van der Waals surface area contributed by atoms with E-state index in [-0.39, 0.29) is 12.0 Å². The second kappa shape index (κ2) is 7.88. The van der Waals surface area contributed by atoms with Gasteiger partial charge in [-0.1, -0.05) is 23.7 Å². The van der Waals surface area contributed by atoms with Crippen LogP contribution in [0.25, 0.3) is 0 Å². The van der Waals surface area contributed by atoms with Gasteiger partial charge in [-0.25, -0.2) is 0 Å². The molecule has 0 heterocycles. The Morgan fingerprint density at radius 1 is 1.22 bits per heavy atom. The molecule has 0 aromatic heterocycles. The van der Waals surface area contributed by atoms with E-state index in [0.717, 1.165) is 17.7 Å². The van der Waals surface area contributed by atoms with Gasteiger partial charge in [0.15, 0.2) is 0 Å².